The van der Waals surface area contributed by atoms with E-state index in [9.17, 15) is 0 Å². The van der Waals surface area contributed by atoms with Gasteiger partial charge in [0.05, 0.1) is 11.4 Å². The van der Waals surface area contributed by atoms with E-state index >= 15 is 0 Å². The summed E-state index contributed by atoms with van der Waals surface area (Å²) in [5, 5.41) is 0. The van der Waals surface area contributed by atoms with Crippen molar-refractivity contribution in [1.82, 2.24) is 14.3 Å². The second kappa shape index (κ2) is 6.42. The molecular weight excluding hydrogens is 284 g/mol. The Morgan fingerprint density at radius 3 is 2.52 bits per heavy atom. The third-order valence-electron chi connectivity index (χ3n) is 4.36. The Morgan fingerprint density at radius 1 is 1.09 bits per heavy atom. The lowest BCUT2D eigenvalue weighted by molar-refractivity contribution is 0.292. The molecular formula is C19H24N4. The zero-order valence-electron chi connectivity index (χ0n) is 14.1. The molecule has 0 saturated carbocycles. The number of nitrogens with two attached hydrogens (primary N) is 1. The first-order valence-electron chi connectivity index (χ1n) is 8.19. The van der Waals surface area contributed by atoms with Gasteiger partial charge in [0.25, 0.3) is 0 Å². The largest absolute Gasteiger partial charge is 0.399 e. The third kappa shape index (κ3) is 2.94. The van der Waals surface area contributed by atoms with E-state index in [1.165, 1.54) is 11.4 Å². The molecule has 4 heteroatoms. The van der Waals surface area contributed by atoms with Gasteiger partial charge in [-0.15, -0.1) is 0 Å². The highest BCUT2D eigenvalue weighted by molar-refractivity contribution is 5.69. The van der Waals surface area contributed by atoms with Crippen LogP contribution in [0.15, 0.2) is 42.5 Å². The van der Waals surface area contributed by atoms with Gasteiger partial charge >= 0.3 is 0 Å². The normalized spacial score (nSPS) is 11.5. The fourth-order valence-electron chi connectivity index (χ4n) is 3.05. The number of nitrogens with zero attached hydrogens (tertiary/aromatic N) is 3. The summed E-state index contributed by atoms with van der Waals surface area (Å²) in [6.45, 7) is 9.43. The number of anilines is 1. The maximum atomic E-state index is 5.98. The lowest BCUT2D eigenvalue weighted by Crippen LogP contribution is -2.23. The molecule has 120 valence electrons. The van der Waals surface area contributed by atoms with Crippen molar-refractivity contribution in [1.29, 1.82) is 0 Å². The molecule has 2 aromatic heterocycles. The van der Waals surface area contributed by atoms with E-state index in [2.05, 4.69) is 54.3 Å². The molecule has 0 radical (unpaired) electrons. The lowest BCUT2D eigenvalue weighted by Gasteiger charge is -2.19. The minimum absolute atomic E-state index is 0.769. The molecule has 1 aromatic carbocycles. The molecule has 2 heterocycles. The fourth-order valence-corrected chi connectivity index (χ4v) is 3.05. The van der Waals surface area contributed by atoms with Crippen LogP contribution >= 0.6 is 0 Å². The number of aryl methyl sites for hydroxylation is 1. The molecule has 0 bridgehead atoms. The van der Waals surface area contributed by atoms with Crippen LogP contribution in [0.1, 0.15) is 25.2 Å². The van der Waals surface area contributed by atoms with Gasteiger partial charge in [0.2, 0.25) is 0 Å². The van der Waals surface area contributed by atoms with E-state index in [1.54, 1.807) is 0 Å². The number of nitrogen functional groups attached to an aromatic ring is 1. The summed E-state index contributed by atoms with van der Waals surface area (Å²) in [6.07, 6.45) is 0. The Bertz CT molecular complexity index is 815. The predicted molar refractivity (Wildman–Crippen MR) is 96.4 cm³/mol. The van der Waals surface area contributed by atoms with E-state index in [4.69, 9.17) is 10.7 Å². The molecule has 3 rings (SSSR count). The summed E-state index contributed by atoms with van der Waals surface area (Å²) in [7, 11) is 0. The molecule has 0 spiro atoms. The molecule has 0 amide bonds. The molecule has 23 heavy (non-hydrogen) atoms. The lowest BCUT2D eigenvalue weighted by atomic mass is 10.1. The van der Waals surface area contributed by atoms with Crippen molar-refractivity contribution in [2.75, 3.05) is 18.8 Å². The zero-order chi connectivity index (χ0) is 16.4. The van der Waals surface area contributed by atoms with Gasteiger partial charge < -0.3 is 5.73 Å². The first-order chi connectivity index (χ1) is 11.1. The minimum atomic E-state index is 0.769. The van der Waals surface area contributed by atoms with Crippen LogP contribution in [-0.4, -0.2) is 27.4 Å². The second-order valence-electron chi connectivity index (χ2n) is 5.85. The number of hydrogen-bond donors (Lipinski definition) is 1. The predicted octanol–water partition coefficient (Wildman–Crippen LogP) is 3.73. The Labute approximate surface area is 137 Å². The third-order valence-corrected chi connectivity index (χ3v) is 4.36. The molecule has 3 aromatic rings. The van der Waals surface area contributed by atoms with E-state index < -0.39 is 0 Å². The van der Waals surface area contributed by atoms with Gasteiger partial charge in [0.15, 0.2) is 0 Å². The monoisotopic (exact) mass is 308 g/mol. The SMILES string of the molecule is CCN(CC)Cc1c(-c2cccc(N)c2)nc2cccc(C)n12. The minimum Gasteiger partial charge on any atom is -0.399 e. The number of rotatable bonds is 5. The maximum absolute atomic E-state index is 5.98. The van der Waals surface area contributed by atoms with Crippen LogP contribution in [0, 0.1) is 6.92 Å². The highest BCUT2D eigenvalue weighted by atomic mass is 15.1. The van der Waals surface area contributed by atoms with Crippen molar-refractivity contribution in [2.24, 2.45) is 0 Å². The molecule has 0 fully saturated rings. The van der Waals surface area contributed by atoms with Crippen molar-refractivity contribution in [3.8, 4) is 11.3 Å². The highest BCUT2D eigenvalue weighted by Crippen LogP contribution is 2.28. The average Bonchev–Trinajstić information content (AvgIpc) is 2.92. The van der Waals surface area contributed by atoms with E-state index in [-0.39, 0.29) is 0 Å². The van der Waals surface area contributed by atoms with Crippen LogP contribution in [-0.2, 0) is 6.54 Å². The van der Waals surface area contributed by atoms with Crippen molar-refractivity contribution in [2.45, 2.75) is 27.3 Å². The van der Waals surface area contributed by atoms with E-state index in [0.717, 1.165) is 42.2 Å². The summed E-state index contributed by atoms with van der Waals surface area (Å²) in [5.74, 6) is 0. The van der Waals surface area contributed by atoms with E-state index in [1.807, 2.05) is 18.2 Å². The van der Waals surface area contributed by atoms with Crippen LogP contribution in [0.5, 0.6) is 0 Å². The van der Waals surface area contributed by atoms with Crippen LogP contribution in [0.3, 0.4) is 0 Å². The van der Waals surface area contributed by atoms with Gasteiger partial charge in [-0.05, 0) is 44.3 Å². The van der Waals surface area contributed by atoms with Gasteiger partial charge in [-0.25, -0.2) is 4.98 Å². The highest BCUT2D eigenvalue weighted by Gasteiger charge is 2.17. The first kappa shape index (κ1) is 15.6. The van der Waals surface area contributed by atoms with Crippen LogP contribution in [0.2, 0.25) is 0 Å². The number of hydrogen-bond acceptors (Lipinski definition) is 3. The Hall–Kier alpha value is -2.33. The molecule has 0 saturated heterocycles. The van der Waals surface area contributed by atoms with Gasteiger partial charge in [-0.3, -0.25) is 9.30 Å². The number of imidazole rings is 1. The Balaban J connectivity index is 2.22. The van der Waals surface area contributed by atoms with Crippen LogP contribution in [0.4, 0.5) is 5.69 Å². The Morgan fingerprint density at radius 2 is 1.83 bits per heavy atom. The number of benzene rings is 1. The van der Waals surface area contributed by atoms with Gasteiger partial charge in [0, 0.05) is 23.5 Å². The summed E-state index contributed by atoms with van der Waals surface area (Å²) in [6, 6.07) is 14.2. The van der Waals surface area contributed by atoms with E-state index in [0.29, 0.717) is 0 Å². The molecule has 0 unspecified atom stereocenters. The van der Waals surface area contributed by atoms with Gasteiger partial charge in [-0.1, -0.05) is 32.0 Å². The van der Waals surface area contributed by atoms with Crippen molar-refractivity contribution in [3.05, 3.63) is 53.9 Å². The molecule has 0 aliphatic carbocycles. The number of aromatic nitrogens is 2. The molecule has 4 nitrogen and oxygen atoms in total. The van der Waals surface area contributed by atoms with Crippen molar-refractivity contribution < 1.29 is 0 Å². The van der Waals surface area contributed by atoms with Crippen molar-refractivity contribution >= 4 is 11.3 Å². The smallest absolute Gasteiger partial charge is 0.137 e. The van der Waals surface area contributed by atoms with Gasteiger partial charge in [0.1, 0.15) is 5.65 Å². The first-order valence-corrected chi connectivity index (χ1v) is 8.19. The molecule has 0 atom stereocenters. The number of pyridine rings is 1. The zero-order valence-corrected chi connectivity index (χ0v) is 14.1. The second-order valence-corrected chi connectivity index (χ2v) is 5.85. The summed E-state index contributed by atoms with van der Waals surface area (Å²) >= 11 is 0. The summed E-state index contributed by atoms with van der Waals surface area (Å²) in [5.41, 5.74) is 12.3. The molecule has 0 aliphatic heterocycles. The number of fused-ring (bicyclic) bond motifs is 1. The standard InChI is InChI=1S/C19H24N4/c1-4-22(5-2)13-17-19(15-9-7-10-16(20)12-15)21-18-11-6-8-14(3)23(17)18/h6-12H,4-5,13,20H2,1-3H3. The quantitative estimate of drug-likeness (QED) is 0.731. The topological polar surface area (TPSA) is 46.6 Å². The molecule has 0 aliphatic rings. The van der Waals surface area contributed by atoms with Crippen molar-refractivity contribution in [3.63, 3.8) is 0 Å². The average molecular weight is 308 g/mol. The maximum Gasteiger partial charge on any atom is 0.137 e. The summed E-state index contributed by atoms with van der Waals surface area (Å²) < 4.78 is 2.26. The van der Waals surface area contributed by atoms with Gasteiger partial charge in [-0.2, -0.15) is 0 Å². The van der Waals surface area contributed by atoms with Crippen LogP contribution in [0.25, 0.3) is 16.9 Å². The van der Waals surface area contributed by atoms with Crippen LogP contribution < -0.4 is 5.73 Å². The summed E-state index contributed by atoms with van der Waals surface area (Å²) in [4.78, 5) is 7.30. The Kier molecular flexibility index (Phi) is 4.35. The fraction of sp³-hybridized carbons (Fsp3) is 0.316. The molecule has 2 N–H and O–H groups in total.